The number of aryl methyl sites for hydroxylation is 3. The average Bonchev–Trinajstić information content (AvgIpc) is 3.12. The van der Waals surface area contributed by atoms with Crippen LogP contribution in [0.4, 0.5) is 4.39 Å². The van der Waals surface area contributed by atoms with Crippen LogP contribution in [0.15, 0.2) is 79.0 Å². The highest BCUT2D eigenvalue weighted by molar-refractivity contribution is 5.84. The Bertz CT molecular complexity index is 1190. The SMILES string of the molecule is Cc1ccccc1CCC(=O)CCCc1cn(Cc2ccccc2F)c2ccccc12. The van der Waals surface area contributed by atoms with E-state index >= 15 is 0 Å². The molecule has 0 N–H and O–H groups in total. The Kier molecular flexibility index (Phi) is 6.61. The Balaban J connectivity index is 1.39. The van der Waals surface area contributed by atoms with Gasteiger partial charge in [0.15, 0.2) is 0 Å². The minimum absolute atomic E-state index is 0.180. The van der Waals surface area contributed by atoms with Crippen LogP contribution in [0.3, 0.4) is 0 Å². The van der Waals surface area contributed by atoms with Crippen LogP contribution in [0.25, 0.3) is 10.9 Å². The van der Waals surface area contributed by atoms with Gasteiger partial charge in [-0.2, -0.15) is 0 Å². The predicted octanol–water partition coefficient (Wildman–Crippen LogP) is 6.66. The summed E-state index contributed by atoms with van der Waals surface area (Å²) in [5.74, 6) is 0.138. The molecule has 158 valence electrons. The van der Waals surface area contributed by atoms with E-state index in [-0.39, 0.29) is 5.82 Å². The number of halogens is 1. The van der Waals surface area contributed by atoms with Crippen molar-refractivity contribution in [2.45, 2.75) is 45.6 Å². The summed E-state index contributed by atoms with van der Waals surface area (Å²) < 4.78 is 16.3. The second-order valence-electron chi connectivity index (χ2n) is 8.21. The number of para-hydroxylation sites is 1. The van der Waals surface area contributed by atoms with Crippen molar-refractivity contribution in [1.29, 1.82) is 0 Å². The molecule has 3 aromatic carbocycles. The zero-order valence-corrected chi connectivity index (χ0v) is 18.0. The molecular formula is C28H28FNO. The lowest BCUT2D eigenvalue weighted by Crippen LogP contribution is -2.02. The van der Waals surface area contributed by atoms with Gasteiger partial charge in [-0.05, 0) is 55.0 Å². The van der Waals surface area contributed by atoms with Crippen LogP contribution in [0.2, 0.25) is 0 Å². The van der Waals surface area contributed by atoms with E-state index < -0.39 is 0 Å². The Morgan fingerprint density at radius 1 is 0.806 bits per heavy atom. The van der Waals surface area contributed by atoms with Gasteiger partial charge in [-0.3, -0.25) is 4.79 Å². The monoisotopic (exact) mass is 413 g/mol. The van der Waals surface area contributed by atoms with Gasteiger partial charge in [0.05, 0.1) is 6.54 Å². The van der Waals surface area contributed by atoms with Crippen LogP contribution in [-0.2, 0) is 24.2 Å². The Hall–Kier alpha value is -3.20. The predicted molar refractivity (Wildman–Crippen MR) is 125 cm³/mol. The summed E-state index contributed by atoms with van der Waals surface area (Å²) in [4.78, 5) is 12.4. The fourth-order valence-corrected chi connectivity index (χ4v) is 4.23. The molecule has 3 heteroatoms. The topological polar surface area (TPSA) is 22.0 Å². The van der Waals surface area contributed by atoms with Gasteiger partial charge in [0.1, 0.15) is 11.6 Å². The van der Waals surface area contributed by atoms with Crippen LogP contribution < -0.4 is 0 Å². The van der Waals surface area contributed by atoms with Gasteiger partial charge in [0.25, 0.3) is 0 Å². The lowest BCUT2D eigenvalue weighted by molar-refractivity contribution is -0.119. The second kappa shape index (κ2) is 9.74. The van der Waals surface area contributed by atoms with E-state index in [1.54, 1.807) is 6.07 Å². The molecule has 0 amide bonds. The van der Waals surface area contributed by atoms with E-state index in [2.05, 4.69) is 42.0 Å². The number of benzene rings is 3. The molecule has 4 rings (SSSR count). The van der Waals surface area contributed by atoms with E-state index in [9.17, 15) is 9.18 Å². The molecule has 0 spiro atoms. The minimum atomic E-state index is -0.180. The first-order valence-electron chi connectivity index (χ1n) is 11.0. The van der Waals surface area contributed by atoms with Crippen LogP contribution >= 0.6 is 0 Å². The van der Waals surface area contributed by atoms with Gasteiger partial charge in [-0.15, -0.1) is 0 Å². The van der Waals surface area contributed by atoms with Crippen LogP contribution in [0, 0.1) is 12.7 Å². The largest absolute Gasteiger partial charge is 0.343 e. The fourth-order valence-electron chi connectivity index (χ4n) is 4.23. The number of hydrogen-bond donors (Lipinski definition) is 0. The van der Waals surface area contributed by atoms with E-state index in [0.717, 1.165) is 24.8 Å². The quantitative estimate of drug-likeness (QED) is 0.301. The number of carbonyl (C=O) groups excluding carboxylic acids is 1. The number of hydrogen-bond acceptors (Lipinski definition) is 1. The summed E-state index contributed by atoms with van der Waals surface area (Å²) in [6.07, 6.45) is 5.81. The lowest BCUT2D eigenvalue weighted by Gasteiger charge is -2.06. The highest BCUT2D eigenvalue weighted by atomic mass is 19.1. The fraction of sp³-hybridized carbons (Fsp3) is 0.250. The van der Waals surface area contributed by atoms with Gasteiger partial charge < -0.3 is 4.57 Å². The van der Waals surface area contributed by atoms with E-state index in [4.69, 9.17) is 0 Å². The third-order valence-corrected chi connectivity index (χ3v) is 6.01. The zero-order chi connectivity index (χ0) is 21.6. The molecule has 31 heavy (non-hydrogen) atoms. The third-order valence-electron chi connectivity index (χ3n) is 6.01. The first-order valence-corrected chi connectivity index (χ1v) is 11.0. The van der Waals surface area contributed by atoms with Crippen molar-refractivity contribution in [2.24, 2.45) is 0 Å². The van der Waals surface area contributed by atoms with Crippen LogP contribution in [0.1, 0.15) is 41.5 Å². The number of rotatable bonds is 9. The van der Waals surface area contributed by atoms with Gasteiger partial charge in [0, 0.05) is 35.5 Å². The zero-order valence-electron chi connectivity index (χ0n) is 18.0. The van der Waals surface area contributed by atoms with Crippen molar-refractivity contribution in [3.05, 3.63) is 107 Å². The molecule has 1 aromatic heterocycles. The molecule has 0 atom stereocenters. The minimum Gasteiger partial charge on any atom is -0.343 e. The van der Waals surface area contributed by atoms with Gasteiger partial charge in [-0.25, -0.2) is 4.39 Å². The molecule has 0 aliphatic carbocycles. The molecule has 0 bridgehead atoms. The maximum Gasteiger partial charge on any atom is 0.133 e. The highest BCUT2D eigenvalue weighted by Crippen LogP contribution is 2.24. The average molecular weight is 414 g/mol. The van der Waals surface area contributed by atoms with Crippen molar-refractivity contribution in [1.82, 2.24) is 4.57 Å². The van der Waals surface area contributed by atoms with Crippen LogP contribution in [0.5, 0.6) is 0 Å². The van der Waals surface area contributed by atoms with Crippen molar-refractivity contribution in [3.8, 4) is 0 Å². The second-order valence-corrected chi connectivity index (χ2v) is 8.21. The number of carbonyl (C=O) groups is 1. The molecule has 0 aliphatic heterocycles. The molecule has 2 nitrogen and oxygen atoms in total. The van der Waals surface area contributed by atoms with Gasteiger partial charge >= 0.3 is 0 Å². The number of nitrogens with zero attached hydrogens (tertiary/aromatic N) is 1. The van der Waals surface area contributed by atoms with Gasteiger partial charge in [0.2, 0.25) is 0 Å². The highest BCUT2D eigenvalue weighted by Gasteiger charge is 2.11. The van der Waals surface area contributed by atoms with Crippen molar-refractivity contribution in [3.63, 3.8) is 0 Å². The van der Waals surface area contributed by atoms with E-state index in [0.29, 0.717) is 30.7 Å². The third kappa shape index (κ3) is 5.11. The molecule has 0 aliphatic rings. The molecule has 0 fully saturated rings. The number of aromatic nitrogens is 1. The van der Waals surface area contributed by atoms with Gasteiger partial charge in [-0.1, -0.05) is 60.7 Å². The summed E-state index contributed by atoms with van der Waals surface area (Å²) in [7, 11) is 0. The maximum atomic E-state index is 14.1. The van der Waals surface area contributed by atoms with Crippen molar-refractivity contribution < 1.29 is 9.18 Å². The lowest BCUT2D eigenvalue weighted by atomic mass is 10.00. The number of fused-ring (bicyclic) bond motifs is 1. The standard InChI is InChI=1S/C28H28FNO/c1-21-9-2-3-10-22(21)17-18-25(31)13-8-12-23-19-30(28-16-7-5-14-26(23)28)20-24-11-4-6-15-27(24)29/h2-7,9-11,14-16,19H,8,12-13,17-18,20H2,1H3. The summed E-state index contributed by atoms with van der Waals surface area (Å²) in [6, 6.07) is 23.4. The number of Topliss-reactive ketones (excluding diaryl/α,β-unsaturated/α-hetero) is 1. The van der Waals surface area contributed by atoms with E-state index in [1.165, 1.54) is 28.1 Å². The Labute approximate surface area is 183 Å². The molecule has 0 unspecified atom stereocenters. The first kappa shape index (κ1) is 21.0. The number of ketones is 1. The first-order chi connectivity index (χ1) is 15.1. The summed E-state index contributed by atoms with van der Waals surface area (Å²) in [5, 5.41) is 1.19. The van der Waals surface area contributed by atoms with Crippen molar-refractivity contribution >= 4 is 16.7 Å². The summed E-state index contributed by atoms with van der Waals surface area (Å²) in [5.41, 5.74) is 5.51. The van der Waals surface area contributed by atoms with E-state index in [1.807, 2.05) is 36.4 Å². The maximum absolute atomic E-state index is 14.1. The molecule has 4 aromatic rings. The smallest absolute Gasteiger partial charge is 0.133 e. The Morgan fingerprint density at radius 3 is 2.32 bits per heavy atom. The van der Waals surface area contributed by atoms with Crippen LogP contribution in [-0.4, -0.2) is 10.4 Å². The Morgan fingerprint density at radius 2 is 1.52 bits per heavy atom. The summed E-state index contributed by atoms with van der Waals surface area (Å²) >= 11 is 0. The molecule has 0 saturated heterocycles. The molecule has 0 radical (unpaired) electrons. The molecule has 0 saturated carbocycles. The summed E-state index contributed by atoms with van der Waals surface area (Å²) in [6.45, 7) is 2.60. The molecular weight excluding hydrogens is 385 g/mol. The van der Waals surface area contributed by atoms with Crippen molar-refractivity contribution in [2.75, 3.05) is 0 Å². The normalized spacial score (nSPS) is 11.2. The molecule has 1 heterocycles.